The smallest absolute Gasteiger partial charge is 0.137 e. The first kappa shape index (κ1) is 21.0. The second kappa shape index (κ2) is 11.2. The van der Waals surface area contributed by atoms with E-state index in [-0.39, 0.29) is 19.3 Å². The summed E-state index contributed by atoms with van der Waals surface area (Å²) in [7, 11) is 0. The Morgan fingerprint density at radius 3 is 1.00 bits per heavy atom. The third kappa shape index (κ3) is 16.1. The molecular weight excluding hydrogens is 196 g/mol. The monoisotopic (exact) mass is 230 g/mol. The van der Waals surface area contributed by atoms with Gasteiger partial charge in [0, 0.05) is 11.8 Å². The molecule has 0 aromatic carbocycles. The predicted molar refractivity (Wildman–Crippen MR) is 75.7 cm³/mol. The molecule has 0 atom stereocenters. The Morgan fingerprint density at radius 2 is 1.00 bits per heavy atom. The molecule has 0 bridgehead atoms. The second-order valence-corrected chi connectivity index (χ2v) is 5.74. The van der Waals surface area contributed by atoms with E-state index < -0.39 is 0 Å². The molecule has 0 amide bonds. The van der Waals surface area contributed by atoms with Crippen molar-refractivity contribution in [2.75, 3.05) is 0 Å². The first-order valence-corrected chi connectivity index (χ1v) is 6.22. The van der Waals surface area contributed by atoms with Crippen LogP contribution in [-0.2, 0) is 4.79 Å². The molecule has 16 heavy (non-hydrogen) atoms. The summed E-state index contributed by atoms with van der Waals surface area (Å²) in [4.78, 5) is 10.8. The van der Waals surface area contributed by atoms with Gasteiger partial charge in [0.25, 0.3) is 0 Å². The van der Waals surface area contributed by atoms with Crippen molar-refractivity contribution in [3.63, 3.8) is 0 Å². The fraction of sp³-hybridized carbons (Fsp3) is 0.933. The van der Waals surface area contributed by atoms with Crippen molar-refractivity contribution >= 4 is 5.78 Å². The molecule has 0 fully saturated rings. The fourth-order valence-electron chi connectivity index (χ4n) is 1.61. The lowest BCUT2D eigenvalue weighted by molar-refractivity contribution is -0.124. The van der Waals surface area contributed by atoms with Crippen LogP contribution in [0.1, 0.15) is 69.2 Å². The summed E-state index contributed by atoms with van der Waals surface area (Å²) in [5.41, 5.74) is 0. The van der Waals surface area contributed by atoms with E-state index >= 15 is 0 Å². The Labute approximate surface area is 104 Å². The molecule has 0 aromatic rings. The zero-order chi connectivity index (χ0) is 12.6. The first-order chi connectivity index (χ1) is 6.68. The summed E-state index contributed by atoms with van der Waals surface area (Å²) >= 11 is 0. The first-order valence-electron chi connectivity index (χ1n) is 6.22. The molecule has 100 valence electrons. The summed E-state index contributed by atoms with van der Waals surface area (Å²) in [6, 6.07) is 0. The van der Waals surface area contributed by atoms with E-state index in [1.165, 1.54) is 6.42 Å². The standard InChI is InChI=1S/C7H14O.C7H16.CH4/c1-5(2)7(8)6(3)4;1-6(2)5-7(3)4;/h5-6H,1-4H3;6-7H,5H2,1-4H3;1H4. The van der Waals surface area contributed by atoms with Crippen molar-refractivity contribution in [1.82, 2.24) is 0 Å². The van der Waals surface area contributed by atoms with Crippen molar-refractivity contribution in [3.8, 4) is 0 Å². The van der Waals surface area contributed by atoms with Gasteiger partial charge < -0.3 is 0 Å². The second-order valence-electron chi connectivity index (χ2n) is 5.74. The molecule has 0 saturated carbocycles. The average molecular weight is 230 g/mol. The lowest BCUT2D eigenvalue weighted by atomic mass is 9.99. The van der Waals surface area contributed by atoms with Crippen LogP contribution in [-0.4, -0.2) is 5.78 Å². The summed E-state index contributed by atoms with van der Waals surface area (Å²) in [6.45, 7) is 16.8. The van der Waals surface area contributed by atoms with E-state index in [1.54, 1.807) is 0 Å². The van der Waals surface area contributed by atoms with Gasteiger partial charge >= 0.3 is 0 Å². The van der Waals surface area contributed by atoms with Gasteiger partial charge in [-0.25, -0.2) is 0 Å². The van der Waals surface area contributed by atoms with Crippen molar-refractivity contribution in [3.05, 3.63) is 0 Å². The van der Waals surface area contributed by atoms with Gasteiger partial charge in [0.15, 0.2) is 0 Å². The van der Waals surface area contributed by atoms with Gasteiger partial charge in [0.2, 0.25) is 0 Å². The van der Waals surface area contributed by atoms with E-state index in [2.05, 4.69) is 27.7 Å². The van der Waals surface area contributed by atoms with Crippen LogP contribution >= 0.6 is 0 Å². The molecule has 0 aliphatic rings. The third-order valence-corrected chi connectivity index (χ3v) is 2.08. The highest BCUT2D eigenvalue weighted by Crippen LogP contribution is 2.08. The Morgan fingerprint density at radius 1 is 0.750 bits per heavy atom. The Bertz CT molecular complexity index is 139. The van der Waals surface area contributed by atoms with Crippen LogP contribution in [0, 0.1) is 23.7 Å². The van der Waals surface area contributed by atoms with Crippen molar-refractivity contribution < 1.29 is 4.79 Å². The minimum atomic E-state index is 0. The van der Waals surface area contributed by atoms with Gasteiger partial charge in [-0.1, -0.05) is 62.8 Å². The minimum absolute atomic E-state index is 0. The predicted octanol–water partition coefficient (Wildman–Crippen LogP) is 5.19. The van der Waals surface area contributed by atoms with E-state index in [4.69, 9.17) is 0 Å². The van der Waals surface area contributed by atoms with Crippen molar-refractivity contribution in [1.29, 1.82) is 0 Å². The normalized spacial score (nSPS) is 10.2. The Balaban J connectivity index is -0.000000200. The summed E-state index contributed by atoms with van der Waals surface area (Å²) in [6.07, 6.45) is 1.36. The average Bonchev–Trinajstić information content (AvgIpc) is 2.00. The highest BCUT2D eigenvalue weighted by Gasteiger charge is 2.09. The number of carbonyl (C=O) groups is 1. The van der Waals surface area contributed by atoms with Crippen LogP contribution in [0.5, 0.6) is 0 Å². The minimum Gasteiger partial charge on any atom is -0.299 e. The zero-order valence-electron chi connectivity index (χ0n) is 11.9. The lowest BCUT2D eigenvalue weighted by Crippen LogP contribution is -2.13. The molecule has 0 rings (SSSR count). The highest BCUT2D eigenvalue weighted by molar-refractivity contribution is 5.81. The Hall–Kier alpha value is -0.330. The maximum atomic E-state index is 10.8. The molecule has 0 aliphatic heterocycles. The molecule has 0 saturated heterocycles. The molecule has 0 radical (unpaired) electrons. The number of hydrogen-bond acceptors (Lipinski definition) is 1. The number of ketones is 1. The van der Waals surface area contributed by atoms with Crippen molar-refractivity contribution in [2.45, 2.75) is 69.2 Å². The molecule has 1 heteroatoms. The summed E-state index contributed by atoms with van der Waals surface area (Å²) < 4.78 is 0. The molecule has 0 spiro atoms. The van der Waals surface area contributed by atoms with Gasteiger partial charge in [0.05, 0.1) is 0 Å². The van der Waals surface area contributed by atoms with Crippen LogP contribution in [0.25, 0.3) is 0 Å². The number of rotatable bonds is 4. The van der Waals surface area contributed by atoms with E-state index in [9.17, 15) is 4.79 Å². The lowest BCUT2D eigenvalue weighted by Gasteiger charge is -2.05. The zero-order valence-corrected chi connectivity index (χ0v) is 11.9. The van der Waals surface area contributed by atoms with Gasteiger partial charge in [-0.3, -0.25) is 4.79 Å². The molecule has 0 aromatic heterocycles. The van der Waals surface area contributed by atoms with Crippen LogP contribution in [0.15, 0.2) is 0 Å². The molecular formula is C15H34O. The number of hydrogen-bond donors (Lipinski definition) is 0. The third-order valence-electron chi connectivity index (χ3n) is 2.08. The largest absolute Gasteiger partial charge is 0.299 e. The molecule has 0 heterocycles. The van der Waals surface area contributed by atoms with E-state index in [1.807, 2.05) is 27.7 Å². The summed E-state index contributed by atoms with van der Waals surface area (Å²) in [5, 5.41) is 0. The van der Waals surface area contributed by atoms with Gasteiger partial charge in [-0.05, 0) is 18.3 Å². The van der Waals surface area contributed by atoms with Crippen LogP contribution < -0.4 is 0 Å². The van der Waals surface area contributed by atoms with E-state index in [0.29, 0.717) is 5.78 Å². The maximum absolute atomic E-state index is 10.8. The molecule has 0 aliphatic carbocycles. The molecule has 1 nitrogen and oxygen atoms in total. The van der Waals surface area contributed by atoms with Crippen LogP contribution in [0.3, 0.4) is 0 Å². The van der Waals surface area contributed by atoms with Crippen LogP contribution in [0.4, 0.5) is 0 Å². The Kier molecular flexibility index (Phi) is 14.7. The topological polar surface area (TPSA) is 17.1 Å². The SMILES string of the molecule is C.CC(C)C(=O)C(C)C.CC(C)CC(C)C. The molecule has 0 unspecified atom stereocenters. The number of Topliss-reactive ketones (excluding diaryl/α,β-unsaturated/α-hetero) is 1. The van der Waals surface area contributed by atoms with E-state index in [0.717, 1.165) is 11.8 Å². The number of carbonyl (C=O) groups excluding carboxylic acids is 1. The van der Waals surface area contributed by atoms with Gasteiger partial charge in [0.1, 0.15) is 5.78 Å². The van der Waals surface area contributed by atoms with Crippen molar-refractivity contribution in [2.24, 2.45) is 23.7 Å². The van der Waals surface area contributed by atoms with Crippen LogP contribution in [0.2, 0.25) is 0 Å². The van der Waals surface area contributed by atoms with Gasteiger partial charge in [-0.2, -0.15) is 0 Å². The fourth-order valence-corrected chi connectivity index (χ4v) is 1.61. The maximum Gasteiger partial charge on any atom is 0.137 e. The quantitative estimate of drug-likeness (QED) is 0.649. The summed E-state index contributed by atoms with van der Waals surface area (Å²) in [5.74, 6) is 2.51. The molecule has 0 N–H and O–H groups in total. The highest BCUT2D eigenvalue weighted by atomic mass is 16.1. The van der Waals surface area contributed by atoms with Gasteiger partial charge in [-0.15, -0.1) is 0 Å².